The number of Topliss-reactive ketones (excluding diaryl/α,β-unsaturated/α-hetero) is 1. The summed E-state index contributed by atoms with van der Waals surface area (Å²) < 4.78 is 50.9. The molecule has 1 aromatic rings. The van der Waals surface area contributed by atoms with Crippen LogP contribution in [-0.2, 0) is 6.18 Å². The van der Waals surface area contributed by atoms with Crippen LogP contribution in [0.25, 0.3) is 0 Å². The maximum Gasteiger partial charge on any atom is 0.419 e. The van der Waals surface area contributed by atoms with Crippen molar-refractivity contribution in [2.45, 2.75) is 31.9 Å². The number of fused-ring (bicyclic) bond motifs is 1. The van der Waals surface area contributed by atoms with Crippen LogP contribution in [0.4, 0.5) is 17.6 Å². The molecule has 108 valence electrons. The Bertz CT molecular complexity index is 537. The molecule has 0 aromatic heterocycles. The Balaban J connectivity index is 1.81. The van der Waals surface area contributed by atoms with E-state index in [0.717, 1.165) is 37.8 Å². The molecule has 0 amide bonds. The Labute approximate surface area is 114 Å². The van der Waals surface area contributed by atoms with Crippen molar-refractivity contribution in [3.8, 4) is 0 Å². The van der Waals surface area contributed by atoms with Gasteiger partial charge < -0.3 is 0 Å². The zero-order chi connectivity index (χ0) is 14.5. The summed E-state index contributed by atoms with van der Waals surface area (Å²) in [6.45, 7) is 0. The number of carbonyl (C=O) groups excluding carboxylic acids is 1. The molecule has 2 saturated carbocycles. The summed E-state index contributed by atoms with van der Waals surface area (Å²) in [5, 5.41) is 0. The van der Waals surface area contributed by atoms with E-state index in [-0.39, 0.29) is 17.3 Å². The van der Waals surface area contributed by atoms with E-state index < -0.39 is 17.6 Å². The lowest BCUT2D eigenvalue weighted by Gasteiger charge is -2.09. The molecule has 0 aliphatic heterocycles. The molecule has 0 N–H and O–H groups in total. The maximum atomic E-state index is 13.5. The summed E-state index contributed by atoms with van der Waals surface area (Å²) in [6.07, 6.45) is -0.508. The molecule has 5 heteroatoms. The highest BCUT2D eigenvalue weighted by atomic mass is 19.4. The zero-order valence-corrected chi connectivity index (χ0v) is 10.7. The van der Waals surface area contributed by atoms with Crippen molar-refractivity contribution in [2.24, 2.45) is 17.8 Å². The molecule has 3 rings (SSSR count). The van der Waals surface area contributed by atoms with Gasteiger partial charge in [0.2, 0.25) is 0 Å². The fraction of sp³-hybridized carbons (Fsp3) is 0.533. The third-order valence-corrected chi connectivity index (χ3v) is 4.52. The molecule has 2 aliphatic rings. The van der Waals surface area contributed by atoms with Gasteiger partial charge in [0.15, 0.2) is 5.78 Å². The molecular weight excluding hydrogens is 272 g/mol. The van der Waals surface area contributed by atoms with Gasteiger partial charge in [-0.3, -0.25) is 4.79 Å². The standard InChI is InChI=1S/C15H14F4O/c16-12-7-8(5-6-11(12)15(17,18)19)14(20)13-9-3-1-2-4-10(9)13/h5-7,9-10,13H,1-4H2. The first-order chi connectivity index (χ1) is 9.39. The number of alkyl halides is 3. The molecule has 2 aliphatic carbocycles. The van der Waals surface area contributed by atoms with Gasteiger partial charge in [-0.2, -0.15) is 13.2 Å². The van der Waals surface area contributed by atoms with E-state index in [9.17, 15) is 22.4 Å². The Morgan fingerprint density at radius 3 is 2.20 bits per heavy atom. The monoisotopic (exact) mass is 286 g/mol. The summed E-state index contributed by atoms with van der Waals surface area (Å²) >= 11 is 0. The van der Waals surface area contributed by atoms with Crippen LogP contribution in [0.2, 0.25) is 0 Å². The molecular formula is C15H14F4O. The van der Waals surface area contributed by atoms with Gasteiger partial charge >= 0.3 is 6.18 Å². The summed E-state index contributed by atoms with van der Waals surface area (Å²) in [5.74, 6) is -0.946. The van der Waals surface area contributed by atoms with Gasteiger partial charge in [0.1, 0.15) is 5.82 Å². The highest BCUT2D eigenvalue weighted by Gasteiger charge is 2.54. The lowest BCUT2D eigenvalue weighted by molar-refractivity contribution is -0.140. The quantitative estimate of drug-likeness (QED) is 0.579. The smallest absolute Gasteiger partial charge is 0.294 e. The highest BCUT2D eigenvalue weighted by molar-refractivity contribution is 6.00. The van der Waals surface area contributed by atoms with Gasteiger partial charge in [0, 0.05) is 11.5 Å². The molecule has 2 unspecified atom stereocenters. The van der Waals surface area contributed by atoms with E-state index in [0.29, 0.717) is 17.9 Å². The van der Waals surface area contributed by atoms with Crippen molar-refractivity contribution in [3.05, 3.63) is 35.1 Å². The normalized spacial score (nSPS) is 28.9. The fourth-order valence-electron chi connectivity index (χ4n) is 3.47. The van der Waals surface area contributed by atoms with Crippen LogP contribution < -0.4 is 0 Å². The molecule has 2 atom stereocenters. The maximum absolute atomic E-state index is 13.5. The Kier molecular flexibility index (Phi) is 3.10. The zero-order valence-electron chi connectivity index (χ0n) is 10.7. The van der Waals surface area contributed by atoms with E-state index >= 15 is 0 Å². The second-order valence-corrected chi connectivity index (χ2v) is 5.69. The van der Waals surface area contributed by atoms with Gasteiger partial charge in [0.25, 0.3) is 0 Å². The predicted molar refractivity (Wildman–Crippen MR) is 64.7 cm³/mol. The fourth-order valence-corrected chi connectivity index (χ4v) is 3.47. The molecule has 0 heterocycles. The summed E-state index contributed by atoms with van der Waals surface area (Å²) in [4.78, 5) is 12.2. The van der Waals surface area contributed by atoms with E-state index in [1.165, 1.54) is 0 Å². The summed E-state index contributed by atoms with van der Waals surface area (Å²) in [6, 6.07) is 2.49. The molecule has 20 heavy (non-hydrogen) atoms. The Morgan fingerprint density at radius 2 is 1.70 bits per heavy atom. The average molecular weight is 286 g/mol. The number of rotatable bonds is 2. The molecule has 0 bridgehead atoms. The molecule has 1 nitrogen and oxygen atoms in total. The number of hydrogen-bond donors (Lipinski definition) is 0. The van der Waals surface area contributed by atoms with Gasteiger partial charge in [-0.1, -0.05) is 18.9 Å². The van der Waals surface area contributed by atoms with Crippen molar-refractivity contribution in [1.82, 2.24) is 0 Å². The largest absolute Gasteiger partial charge is 0.419 e. The number of ketones is 1. The Hall–Kier alpha value is -1.39. The van der Waals surface area contributed by atoms with Crippen LogP contribution in [0.5, 0.6) is 0 Å². The van der Waals surface area contributed by atoms with Crippen LogP contribution in [0.3, 0.4) is 0 Å². The van der Waals surface area contributed by atoms with Crippen molar-refractivity contribution < 1.29 is 22.4 Å². The molecule has 0 spiro atoms. The molecule has 1 aromatic carbocycles. The number of carbonyl (C=O) groups is 1. The van der Waals surface area contributed by atoms with Gasteiger partial charge in [-0.05, 0) is 36.8 Å². The second-order valence-electron chi connectivity index (χ2n) is 5.69. The Morgan fingerprint density at radius 1 is 1.10 bits per heavy atom. The van der Waals surface area contributed by atoms with E-state index in [2.05, 4.69) is 0 Å². The number of benzene rings is 1. The van der Waals surface area contributed by atoms with Crippen LogP contribution in [0.15, 0.2) is 18.2 Å². The highest BCUT2D eigenvalue weighted by Crippen LogP contribution is 2.56. The average Bonchev–Trinajstić information content (AvgIpc) is 3.10. The number of hydrogen-bond acceptors (Lipinski definition) is 1. The minimum atomic E-state index is -4.72. The molecule has 0 saturated heterocycles. The second kappa shape index (κ2) is 4.57. The summed E-state index contributed by atoms with van der Waals surface area (Å²) in [5.41, 5.74) is -1.25. The van der Waals surface area contributed by atoms with Crippen molar-refractivity contribution in [2.75, 3.05) is 0 Å². The van der Waals surface area contributed by atoms with Crippen LogP contribution in [0.1, 0.15) is 41.6 Å². The van der Waals surface area contributed by atoms with Gasteiger partial charge in [-0.25, -0.2) is 4.39 Å². The topological polar surface area (TPSA) is 17.1 Å². The van der Waals surface area contributed by atoms with Crippen molar-refractivity contribution in [3.63, 3.8) is 0 Å². The first-order valence-corrected chi connectivity index (χ1v) is 6.80. The molecule has 2 fully saturated rings. The minimum Gasteiger partial charge on any atom is -0.294 e. The first kappa shape index (κ1) is 13.6. The van der Waals surface area contributed by atoms with Crippen LogP contribution in [0, 0.1) is 23.6 Å². The van der Waals surface area contributed by atoms with E-state index in [4.69, 9.17) is 0 Å². The van der Waals surface area contributed by atoms with Gasteiger partial charge in [-0.15, -0.1) is 0 Å². The van der Waals surface area contributed by atoms with Crippen molar-refractivity contribution in [1.29, 1.82) is 0 Å². The van der Waals surface area contributed by atoms with Crippen molar-refractivity contribution >= 4 is 5.78 Å². The van der Waals surface area contributed by atoms with E-state index in [1.54, 1.807) is 0 Å². The summed E-state index contributed by atoms with van der Waals surface area (Å²) in [7, 11) is 0. The SMILES string of the molecule is O=C(c1ccc(C(F)(F)F)c(F)c1)C1C2CCCCC21. The van der Waals surface area contributed by atoms with E-state index in [1.807, 2.05) is 0 Å². The van der Waals surface area contributed by atoms with Gasteiger partial charge in [0.05, 0.1) is 5.56 Å². The number of halogens is 4. The minimum absolute atomic E-state index is 0.0647. The lowest BCUT2D eigenvalue weighted by atomic mass is 10.0. The van der Waals surface area contributed by atoms with Crippen LogP contribution in [-0.4, -0.2) is 5.78 Å². The third kappa shape index (κ3) is 2.23. The van der Waals surface area contributed by atoms with Crippen LogP contribution >= 0.6 is 0 Å². The first-order valence-electron chi connectivity index (χ1n) is 6.80. The molecule has 0 radical (unpaired) electrons. The lowest BCUT2D eigenvalue weighted by Crippen LogP contribution is -2.11. The predicted octanol–water partition coefficient (Wildman–Crippen LogP) is 4.46. The third-order valence-electron chi connectivity index (χ3n) is 4.52.